The van der Waals surface area contributed by atoms with Gasteiger partial charge in [0.1, 0.15) is 0 Å². The van der Waals surface area contributed by atoms with Gasteiger partial charge >= 0.3 is 0 Å². The minimum absolute atomic E-state index is 0.196. The molecule has 12 aromatic rings. The highest BCUT2D eigenvalue weighted by atomic mass is 14.2. The van der Waals surface area contributed by atoms with Crippen LogP contribution in [0.2, 0.25) is 0 Å². The summed E-state index contributed by atoms with van der Waals surface area (Å²) in [5, 5.41) is 0. The van der Waals surface area contributed by atoms with Crippen molar-refractivity contribution in [2.75, 3.05) is 0 Å². The average Bonchev–Trinajstić information content (AvgIpc) is 1.62. The molecule has 0 nitrogen and oxygen atoms in total. The van der Waals surface area contributed by atoms with E-state index in [1.165, 1.54) is 111 Å². The first-order valence-electron chi connectivity index (χ1n) is 55.7. The van der Waals surface area contributed by atoms with Gasteiger partial charge in [-0.05, 0) is 178 Å². The van der Waals surface area contributed by atoms with Gasteiger partial charge in [0.2, 0.25) is 0 Å². The van der Waals surface area contributed by atoms with Gasteiger partial charge in [-0.1, -0.05) is 725 Å². The first-order valence-corrected chi connectivity index (χ1v) is 55.7. The van der Waals surface area contributed by atoms with E-state index >= 15 is 0 Å². The molecule has 0 amide bonds. The summed E-state index contributed by atoms with van der Waals surface area (Å²) < 4.78 is 0. The van der Waals surface area contributed by atoms with E-state index in [1.54, 1.807) is 0 Å². The van der Waals surface area contributed by atoms with E-state index in [1.807, 2.05) is 178 Å². The molecule has 0 fully saturated rings. The van der Waals surface area contributed by atoms with Crippen molar-refractivity contribution >= 4 is 0 Å². The van der Waals surface area contributed by atoms with Crippen molar-refractivity contribution in [1.29, 1.82) is 0 Å². The number of fused-ring (bicyclic) bond motifs is 3. The van der Waals surface area contributed by atoms with Crippen molar-refractivity contribution in [3.63, 3.8) is 0 Å². The van der Waals surface area contributed by atoms with E-state index in [9.17, 15) is 0 Å². The molecule has 0 aromatic heterocycles. The summed E-state index contributed by atoms with van der Waals surface area (Å²) in [5.74, 6) is 0. The third kappa shape index (κ3) is 86.6. The molecule has 1 aliphatic carbocycles. The maximum Gasteiger partial charge on any atom is -0.00135 e. The Morgan fingerprint density at radius 3 is 0.469 bits per heavy atom. The van der Waals surface area contributed by atoms with Crippen molar-refractivity contribution in [1.82, 2.24) is 0 Å². The van der Waals surface area contributed by atoms with Gasteiger partial charge in [0.25, 0.3) is 0 Å². The van der Waals surface area contributed by atoms with E-state index in [0.29, 0.717) is 32.5 Å². The Kier molecular flexibility index (Phi) is 92.3. The van der Waals surface area contributed by atoms with Crippen LogP contribution < -0.4 is 0 Å². The Morgan fingerprint density at radius 1 is 0.119 bits per heavy atom. The largest absolute Gasteiger partial charge is 0.0683 e. The third-order valence-corrected chi connectivity index (χ3v) is 16.5. The standard InChI is InChI=1S/2C20H26.2C18H14.C13H10.6C5H12.12C2H6/c1-19(2,3)17-11-7-15(8-12-17)16-9-13-18(14-10-16)20(4,5)6;1-19(2,3)17-12-10-15(11-13-17)16-8-7-9-18(14-16)20(4,5)6;1-3-9-15(10-4-1)17-13-7-8-14-18(17)16-11-5-2-6-12-16;1-3-8-15(9-4-1)17-12-7-13-18(14-17)16-10-5-2-6-11-16;1-3-7-12-10(5-1)9-11-6-2-4-8-13(11)12;6*1-5(2,3)4;12*1-2/h2*7-14H,1-6H3;2*1-14H;1-8H,9H2;6*1-4H3;12*1-2H3. The molecule has 0 saturated carbocycles. The van der Waals surface area contributed by atoms with Crippen LogP contribution in [0.25, 0.3) is 77.9 Å². The molecule has 0 heteroatoms. The summed E-state index contributed by atoms with van der Waals surface area (Å²) in [7, 11) is 0. The predicted octanol–water partition coefficient (Wildman–Crippen LogP) is 49.8. The summed E-state index contributed by atoms with van der Waals surface area (Å²) in [4.78, 5) is 0. The van der Waals surface area contributed by atoms with Gasteiger partial charge in [0, 0.05) is 0 Å². The minimum Gasteiger partial charge on any atom is -0.0683 e. The fraction of sp³-hybridized carbons (Fsp3) is 0.497. The fourth-order valence-corrected chi connectivity index (χ4v) is 11.1. The molecule has 0 atom stereocenters. The summed E-state index contributed by atoms with van der Waals surface area (Å²) >= 11 is 0. The van der Waals surface area contributed by atoms with Crippen molar-refractivity contribution in [2.24, 2.45) is 32.5 Å². The SMILES string of the molecule is CC.CC.CC.CC.CC.CC.CC.CC.CC.CC.CC.CC.CC(C)(C)C.CC(C)(C)C.CC(C)(C)C.CC(C)(C)C.CC(C)(C)C.CC(C)(C)C.CC(C)(C)c1ccc(-c2ccc(C(C)(C)C)cc2)cc1.CC(C)(C)c1ccc(-c2cccc(C(C)(C)C)c2)cc1.c1ccc(-c2cccc(-c3ccccc3)c2)cc1.c1ccc(-c2ccccc2-c2ccccc2)cc1.c1ccc2c(c1)Cc1ccccc1-2. The molecular formula is C143H234. The van der Waals surface area contributed by atoms with E-state index in [2.05, 4.69) is 553 Å². The van der Waals surface area contributed by atoms with Crippen LogP contribution in [0.15, 0.2) is 315 Å². The van der Waals surface area contributed by atoms with Crippen LogP contribution in [0.5, 0.6) is 0 Å². The van der Waals surface area contributed by atoms with Gasteiger partial charge in [-0.3, -0.25) is 0 Å². The number of benzene rings is 12. The molecule has 13 rings (SSSR count). The van der Waals surface area contributed by atoms with Crippen molar-refractivity contribution in [2.45, 2.75) is 444 Å². The van der Waals surface area contributed by atoms with E-state index in [-0.39, 0.29) is 21.7 Å². The van der Waals surface area contributed by atoms with Crippen molar-refractivity contribution in [3.05, 3.63) is 349 Å². The smallest absolute Gasteiger partial charge is 0.00135 e. The van der Waals surface area contributed by atoms with Crippen LogP contribution in [0, 0.1) is 32.5 Å². The Hall–Kier alpha value is -9.36. The number of hydrogen-bond acceptors (Lipinski definition) is 0. The molecule has 0 unspecified atom stereocenters. The summed E-state index contributed by atoms with van der Waals surface area (Å²) in [6.07, 6.45) is 1.10. The second-order valence-corrected chi connectivity index (χ2v) is 45.4. The lowest BCUT2D eigenvalue weighted by atomic mass is 9.84. The van der Waals surface area contributed by atoms with Gasteiger partial charge in [0.05, 0.1) is 0 Å². The lowest BCUT2D eigenvalue weighted by molar-refractivity contribution is 0.469. The second kappa shape index (κ2) is 85.8. The Bertz CT molecular complexity index is 4400. The summed E-state index contributed by atoms with van der Waals surface area (Å²) in [5.41, 5.74) is 30.4. The van der Waals surface area contributed by atoms with E-state index < -0.39 is 0 Å². The van der Waals surface area contributed by atoms with E-state index in [4.69, 9.17) is 0 Å². The molecule has 806 valence electrons. The van der Waals surface area contributed by atoms with Gasteiger partial charge in [-0.15, -0.1) is 0 Å². The van der Waals surface area contributed by atoms with Crippen molar-refractivity contribution in [3.8, 4) is 77.9 Å². The Balaban J connectivity index is -0.000000172. The lowest BCUT2D eigenvalue weighted by Crippen LogP contribution is -2.11. The zero-order valence-corrected chi connectivity index (χ0v) is 106. The first kappa shape index (κ1) is 154. The highest BCUT2D eigenvalue weighted by Gasteiger charge is 2.20. The minimum atomic E-state index is 0.196. The molecule has 12 aromatic carbocycles. The molecule has 1 aliphatic rings. The molecule has 0 radical (unpaired) electrons. The molecule has 143 heavy (non-hydrogen) atoms. The quantitative estimate of drug-likeness (QED) is 0.156. The normalized spacial score (nSPS) is 10.2. The van der Waals surface area contributed by atoms with Gasteiger partial charge in [-0.2, -0.15) is 0 Å². The van der Waals surface area contributed by atoms with Gasteiger partial charge in [0.15, 0.2) is 0 Å². The second-order valence-electron chi connectivity index (χ2n) is 45.4. The third-order valence-electron chi connectivity index (χ3n) is 16.5. The zero-order valence-electron chi connectivity index (χ0n) is 106. The summed E-state index contributed by atoms with van der Waals surface area (Å²) in [6.45, 7) is 128. The molecule has 0 N–H and O–H groups in total. The average molecular weight is 1950 g/mol. The molecule has 0 aliphatic heterocycles. The van der Waals surface area contributed by atoms with Crippen LogP contribution >= 0.6 is 0 Å². The van der Waals surface area contributed by atoms with Crippen LogP contribution in [0.4, 0.5) is 0 Å². The number of hydrogen-bond donors (Lipinski definition) is 0. The molecule has 0 bridgehead atoms. The molecular weight excluding hydrogens is 1720 g/mol. The van der Waals surface area contributed by atoms with E-state index in [0.717, 1.165) is 6.42 Å². The summed E-state index contributed by atoms with van der Waals surface area (Å²) in [6, 6.07) is 112. The zero-order chi connectivity index (χ0) is 114. The fourth-order valence-electron chi connectivity index (χ4n) is 11.1. The van der Waals surface area contributed by atoms with Crippen LogP contribution in [0.3, 0.4) is 0 Å². The van der Waals surface area contributed by atoms with Crippen LogP contribution in [-0.4, -0.2) is 0 Å². The monoisotopic (exact) mass is 1950 g/mol. The Labute approximate surface area is 896 Å². The first-order chi connectivity index (χ1) is 66.7. The maximum atomic E-state index is 2.31. The Morgan fingerprint density at radius 2 is 0.266 bits per heavy atom. The molecule has 0 saturated heterocycles. The van der Waals surface area contributed by atoms with Crippen molar-refractivity contribution < 1.29 is 0 Å². The van der Waals surface area contributed by atoms with Gasteiger partial charge in [-0.25, -0.2) is 0 Å². The van der Waals surface area contributed by atoms with Crippen LogP contribution in [0.1, 0.15) is 449 Å². The highest BCUT2D eigenvalue weighted by Crippen LogP contribution is 2.38. The highest BCUT2D eigenvalue weighted by molar-refractivity contribution is 5.83. The maximum absolute atomic E-state index is 2.31. The number of rotatable bonds is 6. The van der Waals surface area contributed by atoms with Gasteiger partial charge < -0.3 is 0 Å². The topological polar surface area (TPSA) is 0 Å². The predicted molar refractivity (Wildman–Crippen MR) is 675 cm³/mol. The molecule has 0 spiro atoms. The lowest BCUT2D eigenvalue weighted by Gasteiger charge is -2.21. The molecule has 0 heterocycles. The van der Waals surface area contributed by atoms with Crippen LogP contribution in [-0.2, 0) is 28.1 Å².